The average Bonchev–Trinajstić information content (AvgIpc) is 3.31. The lowest BCUT2D eigenvalue weighted by Gasteiger charge is -2.20. The van der Waals surface area contributed by atoms with Gasteiger partial charge in [-0.05, 0) is 43.2 Å². The van der Waals surface area contributed by atoms with Gasteiger partial charge in [-0.15, -0.1) is 0 Å². The van der Waals surface area contributed by atoms with Gasteiger partial charge in [-0.2, -0.15) is 4.31 Å². The zero-order chi connectivity index (χ0) is 15.0. The highest BCUT2D eigenvalue weighted by atomic mass is 32.2. The Morgan fingerprint density at radius 3 is 2.67 bits per heavy atom. The van der Waals surface area contributed by atoms with E-state index in [0.717, 1.165) is 29.6 Å². The third kappa shape index (κ3) is 2.61. The maximum atomic E-state index is 12.7. The molecule has 2 aromatic rings. The number of pyridine rings is 1. The van der Waals surface area contributed by atoms with E-state index in [4.69, 9.17) is 0 Å². The second kappa shape index (κ2) is 5.27. The Balaban J connectivity index is 2.04. The molecule has 1 fully saturated rings. The van der Waals surface area contributed by atoms with Crippen molar-refractivity contribution in [3.63, 3.8) is 0 Å². The van der Waals surface area contributed by atoms with Crippen LogP contribution in [0.3, 0.4) is 0 Å². The van der Waals surface area contributed by atoms with E-state index in [-0.39, 0.29) is 6.04 Å². The fraction of sp³-hybridized carbons (Fsp3) is 0.400. The highest BCUT2D eigenvalue weighted by Gasteiger charge is 2.36. The molecule has 0 unspecified atom stereocenters. The largest absolute Gasteiger partial charge is 0.373 e. The molecule has 1 aromatic carbocycles. The van der Waals surface area contributed by atoms with E-state index < -0.39 is 10.0 Å². The third-order valence-electron chi connectivity index (χ3n) is 3.79. The summed E-state index contributed by atoms with van der Waals surface area (Å²) in [6.07, 6.45) is 1.93. The number of aromatic nitrogens is 1. The van der Waals surface area contributed by atoms with Crippen LogP contribution in [-0.4, -0.2) is 37.3 Å². The van der Waals surface area contributed by atoms with Crippen molar-refractivity contribution in [1.82, 2.24) is 9.29 Å². The summed E-state index contributed by atoms with van der Waals surface area (Å²) >= 11 is 0. The van der Waals surface area contributed by atoms with Crippen molar-refractivity contribution in [2.24, 2.45) is 0 Å². The molecule has 112 valence electrons. The Kier molecular flexibility index (Phi) is 3.59. The number of nitrogens with one attached hydrogen (secondary N) is 1. The quantitative estimate of drug-likeness (QED) is 0.921. The van der Waals surface area contributed by atoms with Crippen LogP contribution in [0.1, 0.15) is 19.8 Å². The van der Waals surface area contributed by atoms with Gasteiger partial charge in [0.25, 0.3) is 0 Å². The van der Waals surface area contributed by atoms with Gasteiger partial charge in [-0.3, -0.25) is 0 Å². The topological polar surface area (TPSA) is 62.3 Å². The van der Waals surface area contributed by atoms with Crippen molar-refractivity contribution < 1.29 is 8.42 Å². The van der Waals surface area contributed by atoms with E-state index in [1.807, 2.05) is 26.1 Å². The molecule has 1 aliphatic rings. The monoisotopic (exact) mass is 305 g/mol. The summed E-state index contributed by atoms with van der Waals surface area (Å²) in [6.45, 7) is 2.40. The number of hydrogen-bond acceptors (Lipinski definition) is 4. The smallest absolute Gasteiger partial charge is 0.243 e. The second-order valence-electron chi connectivity index (χ2n) is 5.24. The summed E-state index contributed by atoms with van der Waals surface area (Å²) in [7, 11) is -1.60. The van der Waals surface area contributed by atoms with Crippen molar-refractivity contribution in [1.29, 1.82) is 0 Å². The molecule has 1 saturated carbocycles. The molecule has 6 heteroatoms. The first-order valence-corrected chi connectivity index (χ1v) is 8.60. The van der Waals surface area contributed by atoms with E-state index in [2.05, 4.69) is 10.3 Å². The van der Waals surface area contributed by atoms with Crippen LogP contribution in [0, 0.1) is 0 Å². The van der Waals surface area contributed by atoms with Crippen molar-refractivity contribution in [2.75, 3.05) is 18.9 Å². The van der Waals surface area contributed by atoms with E-state index in [1.165, 1.54) is 0 Å². The van der Waals surface area contributed by atoms with Gasteiger partial charge in [0.15, 0.2) is 0 Å². The molecule has 0 saturated heterocycles. The summed E-state index contributed by atoms with van der Waals surface area (Å²) in [6, 6.07) is 9.04. The van der Waals surface area contributed by atoms with E-state index in [9.17, 15) is 8.42 Å². The molecule has 1 aliphatic carbocycles. The van der Waals surface area contributed by atoms with Crippen LogP contribution in [0.25, 0.3) is 10.9 Å². The van der Waals surface area contributed by atoms with Gasteiger partial charge in [-0.25, -0.2) is 13.4 Å². The lowest BCUT2D eigenvalue weighted by molar-refractivity contribution is 0.421. The first-order valence-electron chi connectivity index (χ1n) is 7.16. The van der Waals surface area contributed by atoms with Gasteiger partial charge in [0.1, 0.15) is 5.82 Å². The van der Waals surface area contributed by atoms with Gasteiger partial charge in [0.2, 0.25) is 10.0 Å². The molecular weight excluding hydrogens is 286 g/mol. The SMILES string of the molecule is CCN(C1CC1)S(=O)(=O)c1ccc2nc(NC)ccc2c1. The summed E-state index contributed by atoms with van der Waals surface area (Å²) in [4.78, 5) is 4.76. The second-order valence-corrected chi connectivity index (χ2v) is 7.13. The van der Waals surface area contributed by atoms with Crippen molar-refractivity contribution in [3.8, 4) is 0 Å². The summed E-state index contributed by atoms with van der Waals surface area (Å²) in [5.41, 5.74) is 0.787. The molecule has 3 rings (SSSR count). The molecule has 0 radical (unpaired) electrons. The van der Waals surface area contributed by atoms with E-state index in [1.54, 1.807) is 22.5 Å². The zero-order valence-electron chi connectivity index (χ0n) is 12.2. The number of fused-ring (bicyclic) bond motifs is 1. The number of anilines is 1. The fourth-order valence-electron chi connectivity index (χ4n) is 2.53. The Morgan fingerprint density at radius 1 is 1.29 bits per heavy atom. The van der Waals surface area contributed by atoms with Gasteiger partial charge in [0.05, 0.1) is 10.4 Å². The minimum atomic E-state index is -3.41. The first-order chi connectivity index (χ1) is 10.1. The van der Waals surface area contributed by atoms with Crippen LogP contribution in [0.2, 0.25) is 0 Å². The molecule has 21 heavy (non-hydrogen) atoms. The molecule has 1 heterocycles. The number of benzene rings is 1. The third-order valence-corrected chi connectivity index (χ3v) is 5.81. The van der Waals surface area contributed by atoms with Crippen molar-refractivity contribution in [2.45, 2.75) is 30.7 Å². The molecule has 5 nitrogen and oxygen atoms in total. The van der Waals surface area contributed by atoms with Crippen LogP contribution < -0.4 is 5.32 Å². The Bertz CT molecular complexity index is 770. The van der Waals surface area contributed by atoms with Gasteiger partial charge < -0.3 is 5.32 Å². The van der Waals surface area contributed by atoms with Gasteiger partial charge in [0, 0.05) is 25.0 Å². The van der Waals surface area contributed by atoms with Crippen LogP contribution in [-0.2, 0) is 10.0 Å². The molecule has 0 aliphatic heterocycles. The van der Waals surface area contributed by atoms with E-state index in [0.29, 0.717) is 11.4 Å². The van der Waals surface area contributed by atoms with Gasteiger partial charge in [-0.1, -0.05) is 6.92 Å². The number of rotatable bonds is 5. The normalized spacial score (nSPS) is 15.6. The molecule has 0 bridgehead atoms. The van der Waals surface area contributed by atoms with Crippen molar-refractivity contribution in [3.05, 3.63) is 30.3 Å². The highest BCUT2D eigenvalue weighted by molar-refractivity contribution is 7.89. The maximum absolute atomic E-state index is 12.7. The molecule has 0 atom stereocenters. The van der Waals surface area contributed by atoms with Crippen LogP contribution in [0.5, 0.6) is 0 Å². The predicted molar refractivity (Wildman–Crippen MR) is 83.9 cm³/mol. The summed E-state index contributed by atoms with van der Waals surface area (Å²) in [5.74, 6) is 0.770. The minimum absolute atomic E-state index is 0.181. The molecular formula is C15H19N3O2S. The molecule has 1 N–H and O–H groups in total. The molecule has 1 aromatic heterocycles. The average molecular weight is 305 g/mol. The van der Waals surface area contributed by atoms with E-state index >= 15 is 0 Å². The zero-order valence-corrected chi connectivity index (χ0v) is 13.0. The number of nitrogens with zero attached hydrogens (tertiary/aromatic N) is 2. The summed E-state index contributed by atoms with van der Waals surface area (Å²) < 4.78 is 27.0. The predicted octanol–water partition coefficient (Wildman–Crippen LogP) is 2.45. The van der Waals surface area contributed by atoms with Crippen molar-refractivity contribution >= 4 is 26.7 Å². The fourth-order valence-corrected chi connectivity index (χ4v) is 4.26. The first kappa shape index (κ1) is 14.3. The number of hydrogen-bond donors (Lipinski definition) is 1. The van der Waals surface area contributed by atoms with Crippen LogP contribution >= 0.6 is 0 Å². The standard InChI is InChI=1S/C15H19N3O2S/c1-3-18(12-5-6-12)21(19,20)13-7-8-14-11(10-13)4-9-15(16-2)17-14/h4,7-10,12H,3,5-6H2,1-2H3,(H,16,17). The number of sulfonamides is 1. The van der Waals surface area contributed by atoms with Crippen LogP contribution in [0.4, 0.5) is 5.82 Å². The minimum Gasteiger partial charge on any atom is -0.373 e. The summed E-state index contributed by atoms with van der Waals surface area (Å²) in [5, 5.41) is 3.81. The highest BCUT2D eigenvalue weighted by Crippen LogP contribution is 2.32. The van der Waals surface area contributed by atoms with Gasteiger partial charge >= 0.3 is 0 Å². The Hall–Kier alpha value is -1.66. The molecule has 0 spiro atoms. The Labute approximate surface area is 125 Å². The Morgan fingerprint density at radius 2 is 2.05 bits per heavy atom. The lowest BCUT2D eigenvalue weighted by atomic mass is 10.2. The van der Waals surface area contributed by atoms with Crippen LogP contribution in [0.15, 0.2) is 35.2 Å². The maximum Gasteiger partial charge on any atom is 0.243 e. The molecule has 0 amide bonds. The lowest BCUT2D eigenvalue weighted by Crippen LogP contribution is -2.32.